The van der Waals surface area contributed by atoms with Crippen LogP contribution in [0.4, 0.5) is 4.79 Å². The Morgan fingerprint density at radius 3 is 1.57 bits per heavy atom. The number of phenolic OH excluding ortho intramolecular Hbond substituents is 2. The van der Waals surface area contributed by atoms with Gasteiger partial charge in [0.05, 0.1) is 31.9 Å². The number of aliphatic hydroxyl groups excluding tert-OH is 1. The molecule has 36 nitrogen and oxygen atoms in total. The summed E-state index contributed by atoms with van der Waals surface area (Å²) in [6.07, 6.45) is -0.202. The monoisotopic (exact) mass is 1800 g/mol. The molecule has 1 aliphatic heterocycles. The van der Waals surface area contributed by atoms with Crippen molar-refractivity contribution >= 4 is 117 Å². The lowest BCUT2D eigenvalue weighted by atomic mass is 9.99. The van der Waals surface area contributed by atoms with Crippen molar-refractivity contribution in [2.45, 2.75) is 171 Å². The van der Waals surface area contributed by atoms with E-state index in [9.17, 15) is 58.8 Å². The van der Waals surface area contributed by atoms with Crippen molar-refractivity contribution in [3.63, 3.8) is 0 Å². The van der Waals surface area contributed by atoms with Gasteiger partial charge in [0.25, 0.3) is 5.91 Å². The molecule has 6 aromatic carbocycles. The zero-order valence-corrected chi connectivity index (χ0v) is 74.2. The van der Waals surface area contributed by atoms with Crippen LogP contribution in [0.2, 0.25) is 0 Å². The number of aromatic amines is 1. The Morgan fingerprint density at radius 2 is 0.992 bits per heavy atom. The lowest BCUT2D eigenvalue weighted by molar-refractivity contribution is -0.152. The molecule has 16 amide bonds. The molecule has 1 fully saturated rings. The fraction of sp³-hybridized carbons (Fsp3) is 0.413. The number of aryl methyl sites for hydroxylation is 1. The SMILES string of the molecule is CCCC[C@H]1C(=O)N(CCO)CC(=O)N[C@@H](CC(=O)O)C(=O)N[C@@H](C)C(=O)N(C)[C@@H](Cc2ccccc2)C(=O)N[C@@H](Cc2ccc(O)cc2)C(=O)N(C)C(=O)N[C@@H](Cc2c[nH]c3ccccc23)C(=O)N[C@@H](Cc2ccc(O)cc2)C(=O)N[C@@H](CC(C)C)C(=O)N[C@H](C(=O)NCC(N)=O)CSCC(=O)N[C@@H](Cc2ccccc2)C(=O)N(C)[C@@H](CCc2ccccc2)C(=O)N1C. The highest BCUT2D eigenvalue weighted by molar-refractivity contribution is 8.00. The molecule has 0 radical (unpaired) electrons. The van der Waals surface area contributed by atoms with Crippen molar-refractivity contribution in [1.82, 2.24) is 77.3 Å². The van der Waals surface area contributed by atoms with Gasteiger partial charge in [-0.3, -0.25) is 76.8 Å². The fourth-order valence-electron chi connectivity index (χ4n) is 14.9. The molecule has 0 saturated carbocycles. The lowest BCUT2D eigenvalue weighted by Gasteiger charge is -2.37. The quantitative estimate of drug-likeness (QED) is 0.0389. The van der Waals surface area contributed by atoms with Crippen LogP contribution < -0.4 is 53.6 Å². The number of unbranched alkanes of at least 4 members (excludes halogenated alkanes) is 1. The maximum atomic E-state index is 15.6. The van der Waals surface area contributed by atoms with Crippen molar-refractivity contribution < 1.29 is 97.1 Å². The van der Waals surface area contributed by atoms with Gasteiger partial charge in [-0.15, -0.1) is 11.8 Å². The number of imide groups is 1. The molecule has 8 rings (SSSR count). The van der Waals surface area contributed by atoms with E-state index in [1.54, 1.807) is 123 Å². The number of aliphatic carboxylic acids is 1. The molecule has 690 valence electrons. The average molecular weight is 1800 g/mol. The number of amides is 16. The molecule has 11 atom stereocenters. The zero-order valence-electron chi connectivity index (χ0n) is 73.4. The van der Waals surface area contributed by atoms with Crippen LogP contribution in [-0.4, -0.2) is 277 Å². The first-order chi connectivity index (χ1) is 61.5. The number of nitrogens with zero attached hydrogens (tertiary/aromatic N) is 5. The van der Waals surface area contributed by atoms with E-state index in [-0.39, 0.29) is 75.2 Å². The summed E-state index contributed by atoms with van der Waals surface area (Å²) < 4.78 is 0. The van der Waals surface area contributed by atoms with Gasteiger partial charge < -0.3 is 98.6 Å². The van der Waals surface area contributed by atoms with Crippen LogP contribution in [0.15, 0.2) is 170 Å². The Kier molecular flexibility index (Phi) is 38.6. The minimum absolute atomic E-state index is 0.0351. The van der Waals surface area contributed by atoms with Crippen molar-refractivity contribution in [2.75, 3.05) is 65.9 Å². The maximum absolute atomic E-state index is 15.6. The molecular weight excluding hydrogens is 1680 g/mol. The van der Waals surface area contributed by atoms with E-state index < -0.39 is 205 Å². The molecule has 2 heterocycles. The van der Waals surface area contributed by atoms with E-state index in [1.165, 1.54) is 76.6 Å². The third-order valence-corrected chi connectivity index (χ3v) is 23.0. The number of carboxylic acid groups (broad SMARTS) is 1. The molecule has 129 heavy (non-hydrogen) atoms. The summed E-state index contributed by atoms with van der Waals surface area (Å²) in [5.41, 5.74) is 9.04. The molecule has 0 spiro atoms. The molecule has 0 aliphatic carbocycles. The number of aromatic hydroxyl groups is 2. The third-order valence-electron chi connectivity index (χ3n) is 21.9. The van der Waals surface area contributed by atoms with Crippen LogP contribution in [0.25, 0.3) is 10.9 Å². The number of hydrogen-bond donors (Lipinski definition) is 15. The van der Waals surface area contributed by atoms with Crippen LogP contribution >= 0.6 is 11.8 Å². The van der Waals surface area contributed by atoms with Crippen LogP contribution in [0.1, 0.15) is 99.6 Å². The molecule has 0 bridgehead atoms. The number of carboxylic acids is 1. The fourth-order valence-corrected chi connectivity index (χ4v) is 15.7. The highest BCUT2D eigenvalue weighted by Crippen LogP contribution is 2.25. The third kappa shape index (κ3) is 30.5. The van der Waals surface area contributed by atoms with Crippen molar-refractivity contribution in [2.24, 2.45) is 11.7 Å². The number of rotatable bonds is 25. The van der Waals surface area contributed by atoms with Gasteiger partial charge in [0.2, 0.25) is 76.8 Å². The van der Waals surface area contributed by atoms with Gasteiger partial charge in [0, 0.05) is 89.7 Å². The molecule has 1 aromatic heterocycles. The number of aliphatic hydroxyl groups is 1. The van der Waals surface area contributed by atoms with E-state index in [2.05, 4.69) is 52.8 Å². The van der Waals surface area contributed by atoms with E-state index in [4.69, 9.17) is 5.73 Å². The number of aromatic nitrogens is 1. The van der Waals surface area contributed by atoms with E-state index in [1.807, 2.05) is 19.1 Å². The number of para-hydroxylation sites is 1. The summed E-state index contributed by atoms with van der Waals surface area (Å²) in [6.45, 7) is 3.58. The van der Waals surface area contributed by atoms with Gasteiger partial charge in [-0.1, -0.05) is 167 Å². The number of fused-ring (bicyclic) bond motifs is 1. The number of phenols is 2. The number of likely N-dealkylation sites (N-methyl/N-ethyl adjacent to an activating group) is 4. The molecule has 1 aliphatic rings. The van der Waals surface area contributed by atoms with Gasteiger partial charge in [-0.05, 0) is 102 Å². The first-order valence-electron chi connectivity index (χ1n) is 42.5. The zero-order chi connectivity index (χ0) is 94.1. The van der Waals surface area contributed by atoms with Gasteiger partial charge in [-0.2, -0.15) is 0 Å². The highest BCUT2D eigenvalue weighted by Gasteiger charge is 2.42. The lowest BCUT2D eigenvalue weighted by Crippen LogP contribution is -2.61. The summed E-state index contributed by atoms with van der Waals surface area (Å²) >= 11 is 0.815. The Labute approximate surface area is 751 Å². The number of primary amides is 1. The molecule has 7 aromatic rings. The van der Waals surface area contributed by atoms with Gasteiger partial charge in [0.1, 0.15) is 78.0 Å². The number of nitrogens with two attached hydrogens (primary N) is 1. The second-order valence-electron chi connectivity index (χ2n) is 32.3. The number of hydrogen-bond acceptors (Lipinski definition) is 20. The van der Waals surface area contributed by atoms with Crippen LogP contribution in [0, 0.1) is 5.92 Å². The molecule has 1 saturated heterocycles. The number of carbonyl (C=O) groups is 16. The van der Waals surface area contributed by atoms with Crippen LogP contribution in [0.5, 0.6) is 11.5 Å². The summed E-state index contributed by atoms with van der Waals surface area (Å²) in [7, 11) is 4.97. The minimum atomic E-state index is -1.97. The molecular formula is C92H116N16O20S. The molecule has 0 unspecified atom stereocenters. The minimum Gasteiger partial charge on any atom is -0.508 e. The number of thioether (sulfide) groups is 1. The van der Waals surface area contributed by atoms with E-state index >= 15 is 38.4 Å². The first kappa shape index (κ1) is 101. The highest BCUT2D eigenvalue weighted by atomic mass is 32.2. The topological polar surface area (TPSA) is 520 Å². The first-order valence-corrected chi connectivity index (χ1v) is 43.6. The van der Waals surface area contributed by atoms with Gasteiger partial charge in [-0.25, -0.2) is 4.79 Å². The predicted molar refractivity (Wildman–Crippen MR) is 479 cm³/mol. The summed E-state index contributed by atoms with van der Waals surface area (Å²) in [5.74, 6) is -16.7. The molecule has 37 heteroatoms. The molecule has 16 N–H and O–H groups in total. The van der Waals surface area contributed by atoms with Crippen molar-refractivity contribution in [1.29, 1.82) is 0 Å². The standard InChI is InChI=1S/C92H116N16O20S/c1-9-10-30-74-91(127)108(41-42-109)52-78(113)97-70(49-80(115)116)82(118)96-56(4)87(123)106(7)76(47-59-26-18-13-19-27-59)86(122)101-72(46-61-33-38-64(111)39-34-61)89(125)107(8)92(128)103-69(48-62-50-94-66-29-21-20-28-65(62)66)85(121)100-68(44-60-31-36-63(110)37-32-60)84(120)99-67(43-55(2)3)83(119)102-73(81(117)95-51-77(93)112)53-129-54-79(114)98-71(45-58-24-16-12-17-25-58)88(124)104(5)75(90(126)105(74)6)40-35-57-22-14-11-15-23-57/h11-29,31-34,36-39,50,55-56,67-76,94,109-111H,9-10,30,35,40-49,51-54H2,1-8H3,(H2,93,112)(H,95,117)(H,96,118)(H,97,113)(H,98,114)(H,99,120)(H,100,121)(H,101,122)(H,102,119)(H,103,128)(H,115,116)/t56-,67-,68-,69-,70-,71-,72-,73-,74-,75-,76-/m0/s1. The van der Waals surface area contributed by atoms with Gasteiger partial charge >= 0.3 is 12.0 Å². The normalized spacial score (nSPS) is 21.8. The van der Waals surface area contributed by atoms with Crippen molar-refractivity contribution in [3.05, 3.63) is 203 Å². The van der Waals surface area contributed by atoms with Crippen molar-refractivity contribution in [3.8, 4) is 11.5 Å². The Bertz CT molecular complexity index is 5050. The predicted octanol–water partition coefficient (Wildman–Crippen LogP) is 2.04. The maximum Gasteiger partial charge on any atom is 0.324 e. The second kappa shape index (κ2) is 49.4. The number of nitrogens with one attached hydrogen (secondary N) is 10. The van der Waals surface area contributed by atoms with Crippen LogP contribution in [0.3, 0.4) is 0 Å². The van der Waals surface area contributed by atoms with E-state index in [0.29, 0.717) is 56.5 Å². The smallest absolute Gasteiger partial charge is 0.324 e. The van der Waals surface area contributed by atoms with Crippen LogP contribution in [-0.2, 0) is 110 Å². The summed E-state index contributed by atoms with van der Waals surface area (Å²) in [5, 5.41) is 65.5. The van der Waals surface area contributed by atoms with E-state index in [0.717, 1.165) is 44.0 Å². The van der Waals surface area contributed by atoms with Gasteiger partial charge in [0.15, 0.2) is 0 Å². The number of benzene rings is 6. The average Bonchev–Trinajstić information content (AvgIpc) is 1.28. The Hall–Kier alpha value is -13.7. The number of β-amino-alcohol motifs (C(OH)–C–C–N with tert-alkyl or cyclic N) is 1. The number of carbonyl (C=O) groups excluding carboxylic acids is 15. The second-order valence-corrected chi connectivity index (χ2v) is 33.3. The number of urea groups is 1. The summed E-state index contributed by atoms with van der Waals surface area (Å²) in [4.78, 5) is 243. The number of H-pyrrole nitrogens is 1. The summed E-state index contributed by atoms with van der Waals surface area (Å²) in [6, 6.07) is 25.1. The Balaban J connectivity index is 1.22. The largest absolute Gasteiger partial charge is 0.508 e. The Morgan fingerprint density at radius 1 is 0.504 bits per heavy atom.